The number of anilines is 1. The first kappa shape index (κ1) is 12.7. The summed E-state index contributed by atoms with van der Waals surface area (Å²) in [6.45, 7) is 1.84. The normalized spacial score (nSPS) is 11.4. The zero-order chi connectivity index (χ0) is 12.2. The van der Waals surface area contributed by atoms with Crippen LogP contribution in [0.3, 0.4) is 0 Å². The zero-order valence-corrected chi connectivity index (χ0v) is 9.89. The molecular weight excluding hydrogens is 232 g/mol. The molecule has 0 radical (unpaired) electrons. The Morgan fingerprint density at radius 3 is 2.75 bits per heavy atom. The van der Waals surface area contributed by atoms with Crippen LogP contribution in [0.2, 0.25) is 0 Å². The molecule has 0 bridgehead atoms. The molecule has 0 unspecified atom stereocenters. The second-order valence-corrected chi connectivity index (χ2v) is 5.21. The van der Waals surface area contributed by atoms with Crippen LogP contribution in [-0.2, 0) is 10.0 Å². The lowest BCUT2D eigenvalue weighted by Crippen LogP contribution is -2.26. The van der Waals surface area contributed by atoms with Gasteiger partial charge in [-0.05, 0) is 14.0 Å². The van der Waals surface area contributed by atoms with Crippen molar-refractivity contribution in [2.45, 2.75) is 6.92 Å². The molecule has 90 valence electrons. The fraction of sp³-hybridized carbons (Fsp3) is 0.500. The highest BCUT2D eigenvalue weighted by Gasteiger charge is 2.06. The Labute approximate surface area is 93.4 Å². The Bertz CT molecular complexity index is 508. The van der Waals surface area contributed by atoms with Gasteiger partial charge in [0, 0.05) is 12.6 Å². The number of aromatic amines is 1. The van der Waals surface area contributed by atoms with Crippen molar-refractivity contribution >= 4 is 15.8 Å². The Morgan fingerprint density at radius 2 is 2.19 bits per heavy atom. The SMILES string of the molecule is CNS(=O)(=O)CCNc1cc(=O)[nH]c(C)n1. The summed E-state index contributed by atoms with van der Waals surface area (Å²) in [5.41, 5.74) is -0.272. The third-order valence-electron chi connectivity index (χ3n) is 1.85. The quantitative estimate of drug-likeness (QED) is 0.620. The van der Waals surface area contributed by atoms with Gasteiger partial charge in [-0.25, -0.2) is 18.1 Å². The maximum atomic E-state index is 11.1. The fourth-order valence-electron chi connectivity index (χ4n) is 1.09. The number of nitrogens with one attached hydrogen (secondary N) is 3. The number of H-pyrrole nitrogens is 1. The molecule has 0 fully saturated rings. The molecule has 16 heavy (non-hydrogen) atoms. The minimum atomic E-state index is -3.24. The molecule has 0 saturated heterocycles. The van der Waals surface area contributed by atoms with E-state index in [9.17, 15) is 13.2 Å². The highest BCUT2D eigenvalue weighted by atomic mass is 32.2. The molecule has 0 aliphatic rings. The Morgan fingerprint density at radius 1 is 1.50 bits per heavy atom. The van der Waals surface area contributed by atoms with E-state index in [1.807, 2.05) is 0 Å². The average Bonchev–Trinajstić information content (AvgIpc) is 2.16. The summed E-state index contributed by atoms with van der Waals surface area (Å²) in [7, 11) is -1.88. The van der Waals surface area contributed by atoms with E-state index in [4.69, 9.17) is 0 Å². The fourth-order valence-corrected chi connectivity index (χ4v) is 1.66. The van der Waals surface area contributed by atoms with Crippen LogP contribution in [0.15, 0.2) is 10.9 Å². The van der Waals surface area contributed by atoms with Gasteiger partial charge in [-0.2, -0.15) is 0 Å². The van der Waals surface area contributed by atoms with Gasteiger partial charge >= 0.3 is 0 Å². The van der Waals surface area contributed by atoms with Crippen molar-refractivity contribution in [3.05, 3.63) is 22.2 Å². The molecule has 3 N–H and O–H groups in total. The molecule has 1 rings (SSSR count). The number of hydrogen-bond donors (Lipinski definition) is 3. The van der Waals surface area contributed by atoms with E-state index >= 15 is 0 Å². The van der Waals surface area contributed by atoms with Crippen molar-refractivity contribution < 1.29 is 8.42 Å². The molecule has 0 amide bonds. The van der Waals surface area contributed by atoms with Crippen LogP contribution in [0.5, 0.6) is 0 Å². The number of rotatable bonds is 5. The van der Waals surface area contributed by atoms with Crippen LogP contribution in [-0.4, -0.2) is 37.7 Å². The van der Waals surface area contributed by atoms with E-state index in [-0.39, 0.29) is 17.9 Å². The zero-order valence-electron chi connectivity index (χ0n) is 9.07. The summed E-state index contributed by atoms with van der Waals surface area (Å²) in [5.74, 6) is 0.774. The second-order valence-electron chi connectivity index (χ2n) is 3.17. The lowest BCUT2D eigenvalue weighted by Gasteiger charge is -2.05. The first-order chi connectivity index (χ1) is 7.43. The van der Waals surface area contributed by atoms with E-state index in [0.29, 0.717) is 11.6 Å². The number of nitrogens with zero attached hydrogens (tertiary/aromatic N) is 1. The Kier molecular flexibility index (Phi) is 4.02. The molecule has 1 aromatic rings. The van der Waals surface area contributed by atoms with Crippen molar-refractivity contribution in [2.24, 2.45) is 0 Å². The standard InChI is InChI=1S/C8H14N4O3S/c1-6-11-7(5-8(13)12-6)10-3-4-16(14,15)9-2/h5,9H,3-4H2,1-2H3,(H2,10,11,12,13). The summed E-state index contributed by atoms with van der Waals surface area (Å²) in [5, 5.41) is 2.77. The van der Waals surface area contributed by atoms with Crippen molar-refractivity contribution in [3.8, 4) is 0 Å². The summed E-state index contributed by atoms with van der Waals surface area (Å²) >= 11 is 0. The average molecular weight is 246 g/mol. The number of aromatic nitrogens is 2. The lowest BCUT2D eigenvalue weighted by molar-refractivity contribution is 0.588. The molecule has 0 aliphatic carbocycles. The molecule has 1 aromatic heterocycles. The number of aryl methyl sites for hydroxylation is 1. The van der Waals surface area contributed by atoms with Gasteiger partial charge in [0.25, 0.3) is 5.56 Å². The third-order valence-corrected chi connectivity index (χ3v) is 3.21. The highest BCUT2D eigenvalue weighted by Crippen LogP contribution is 1.97. The van der Waals surface area contributed by atoms with Crippen LogP contribution >= 0.6 is 0 Å². The van der Waals surface area contributed by atoms with Crippen molar-refractivity contribution in [2.75, 3.05) is 24.7 Å². The summed E-state index contributed by atoms with van der Waals surface area (Å²) < 4.78 is 24.4. The molecular formula is C8H14N4O3S. The van der Waals surface area contributed by atoms with Crippen LogP contribution in [0, 0.1) is 6.92 Å². The monoisotopic (exact) mass is 246 g/mol. The van der Waals surface area contributed by atoms with E-state index in [1.54, 1.807) is 6.92 Å². The molecule has 7 nitrogen and oxygen atoms in total. The Balaban J connectivity index is 2.59. The van der Waals surface area contributed by atoms with Gasteiger partial charge in [-0.15, -0.1) is 0 Å². The van der Waals surface area contributed by atoms with Crippen LogP contribution in [0.4, 0.5) is 5.82 Å². The third kappa shape index (κ3) is 3.99. The van der Waals surface area contributed by atoms with Gasteiger partial charge in [0.15, 0.2) is 0 Å². The molecule has 0 saturated carbocycles. The second kappa shape index (κ2) is 5.08. The summed E-state index contributed by atoms with van der Waals surface area (Å²) in [6, 6.07) is 1.28. The van der Waals surface area contributed by atoms with E-state index < -0.39 is 10.0 Å². The van der Waals surface area contributed by atoms with Gasteiger partial charge in [-0.1, -0.05) is 0 Å². The predicted octanol–water partition coefficient (Wildman–Crippen LogP) is -0.961. The number of sulfonamides is 1. The Hall–Kier alpha value is -1.41. The maximum Gasteiger partial charge on any atom is 0.252 e. The van der Waals surface area contributed by atoms with Crippen molar-refractivity contribution in [1.82, 2.24) is 14.7 Å². The summed E-state index contributed by atoms with van der Waals surface area (Å²) in [6.07, 6.45) is 0. The minimum absolute atomic E-state index is 0.0724. The number of hydrogen-bond acceptors (Lipinski definition) is 5. The van der Waals surface area contributed by atoms with Crippen LogP contribution < -0.4 is 15.6 Å². The lowest BCUT2D eigenvalue weighted by atomic mass is 10.5. The molecule has 0 aromatic carbocycles. The van der Waals surface area contributed by atoms with Crippen LogP contribution in [0.1, 0.15) is 5.82 Å². The minimum Gasteiger partial charge on any atom is -0.369 e. The molecule has 8 heteroatoms. The molecule has 0 aliphatic heterocycles. The molecule has 0 spiro atoms. The highest BCUT2D eigenvalue weighted by molar-refractivity contribution is 7.89. The first-order valence-corrected chi connectivity index (χ1v) is 6.31. The first-order valence-electron chi connectivity index (χ1n) is 4.66. The molecule has 1 heterocycles. The van der Waals surface area contributed by atoms with Gasteiger partial charge in [0.2, 0.25) is 10.0 Å². The van der Waals surface area contributed by atoms with Crippen molar-refractivity contribution in [3.63, 3.8) is 0 Å². The summed E-state index contributed by atoms with van der Waals surface area (Å²) in [4.78, 5) is 17.5. The van der Waals surface area contributed by atoms with Gasteiger partial charge in [0.05, 0.1) is 5.75 Å². The van der Waals surface area contributed by atoms with Gasteiger partial charge < -0.3 is 10.3 Å². The smallest absolute Gasteiger partial charge is 0.252 e. The van der Waals surface area contributed by atoms with E-state index in [0.717, 1.165) is 0 Å². The van der Waals surface area contributed by atoms with Crippen molar-refractivity contribution in [1.29, 1.82) is 0 Å². The van der Waals surface area contributed by atoms with E-state index in [1.165, 1.54) is 13.1 Å². The molecule has 0 atom stereocenters. The largest absolute Gasteiger partial charge is 0.369 e. The van der Waals surface area contributed by atoms with Gasteiger partial charge in [-0.3, -0.25) is 4.79 Å². The van der Waals surface area contributed by atoms with Gasteiger partial charge in [0.1, 0.15) is 11.6 Å². The van der Waals surface area contributed by atoms with E-state index in [2.05, 4.69) is 20.0 Å². The topological polar surface area (TPSA) is 104 Å². The van der Waals surface area contributed by atoms with Crippen LogP contribution in [0.25, 0.3) is 0 Å². The maximum absolute atomic E-state index is 11.1. The predicted molar refractivity (Wildman–Crippen MR) is 60.9 cm³/mol.